The minimum absolute atomic E-state index is 0.0420. The van der Waals surface area contributed by atoms with E-state index in [4.69, 9.17) is 23.2 Å². The van der Waals surface area contributed by atoms with Crippen molar-refractivity contribution in [3.05, 3.63) is 69.7 Å². The van der Waals surface area contributed by atoms with Crippen molar-refractivity contribution in [3.8, 4) is 0 Å². The minimum atomic E-state index is 0.0420. The van der Waals surface area contributed by atoms with Gasteiger partial charge in [-0.15, -0.1) is 0 Å². The van der Waals surface area contributed by atoms with E-state index in [1.165, 1.54) is 5.56 Å². The first-order valence-corrected chi connectivity index (χ1v) is 10.1. The zero-order valence-electron chi connectivity index (χ0n) is 15.1. The van der Waals surface area contributed by atoms with Crippen LogP contribution in [0.25, 0.3) is 0 Å². The summed E-state index contributed by atoms with van der Waals surface area (Å²) in [5.41, 5.74) is 4.06. The van der Waals surface area contributed by atoms with E-state index in [-0.39, 0.29) is 17.9 Å². The number of carbonyl (C=O) groups excluding carboxylic acids is 1. The molecular weight excluding hydrogens is 379 g/mol. The maximum Gasteiger partial charge on any atom is 0.224 e. The van der Waals surface area contributed by atoms with Gasteiger partial charge in [0.25, 0.3) is 0 Å². The maximum atomic E-state index is 12.2. The highest BCUT2D eigenvalue weighted by molar-refractivity contribution is 6.33. The Kier molecular flexibility index (Phi) is 5.16. The van der Waals surface area contributed by atoms with Crippen molar-refractivity contribution in [2.75, 3.05) is 10.6 Å². The second-order valence-corrected chi connectivity index (χ2v) is 8.05. The SMILES string of the molecule is CCCC(=O)Nc1ccc(Cl)c2c1C1C=CCC1C(c1ccc(Cl)cc1)N2. The lowest BCUT2D eigenvalue weighted by molar-refractivity contribution is -0.116. The lowest BCUT2D eigenvalue weighted by atomic mass is 9.76. The van der Waals surface area contributed by atoms with Gasteiger partial charge in [0.1, 0.15) is 0 Å². The number of halogens is 2. The summed E-state index contributed by atoms with van der Waals surface area (Å²) < 4.78 is 0. The van der Waals surface area contributed by atoms with Crippen LogP contribution in [0.2, 0.25) is 10.0 Å². The van der Waals surface area contributed by atoms with Gasteiger partial charge in [-0.25, -0.2) is 0 Å². The van der Waals surface area contributed by atoms with Crippen molar-refractivity contribution >= 4 is 40.5 Å². The molecule has 2 N–H and O–H groups in total. The van der Waals surface area contributed by atoms with Gasteiger partial charge in [0.15, 0.2) is 0 Å². The fourth-order valence-corrected chi connectivity index (χ4v) is 4.57. The highest BCUT2D eigenvalue weighted by Crippen LogP contribution is 2.53. The highest BCUT2D eigenvalue weighted by atomic mass is 35.5. The van der Waals surface area contributed by atoms with Crippen LogP contribution < -0.4 is 10.6 Å². The molecular formula is C22H22Cl2N2O. The number of hydrogen-bond acceptors (Lipinski definition) is 2. The fourth-order valence-electron chi connectivity index (χ4n) is 4.22. The zero-order valence-corrected chi connectivity index (χ0v) is 16.6. The van der Waals surface area contributed by atoms with Crippen LogP contribution in [0.1, 0.15) is 49.3 Å². The third-order valence-corrected chi connectivity index (χ3v) is 6.02. The van der Waals surface area contributed by atoms with Crippen LogP contribution in [0.4, 0.5) is 11.4 Å². The smallest absolute Gasteiger partial charge is 0.224 e. The predicted molar refractivity (Wildman–Crippen MR) is 113 cm³/mol. The summed E-state index contributed by atoms with van der Waals surface area (Å²) in [5.74, 6) is 0.636. The van der Waals surface area contributed by atoms with E-state index in [1.54, 1.807) is 0 Å². The van der Waals surface area contributed by atoms with E-state index in [2.05, 4.69) is 34.9 Å². The number of anilines is 2. The van der Waals surface area contributed by atoms with Crippen LogP contribution >= 0.6 is 23.2 Å². The highest BCUT2D eigenvalue weighted by Gasteiger charge is 2.40. The number of benzene rings is 2. The molecule has 3 atom stereocenters. The molecule has 27 heavy (non-hydrogen) atoms. The van der Waals surface area contributed by atoms with Crippen molar-refractivity contribution in [1.29, 1.82) is 0 Å². The Morgan fingerprint density at radius 3 is 2.70 bits per heavy atom. The zero-order chi connectivity index (χ0) is 19.0. The van der Waals surface area contributed by atoms with Gasteiger partial charge in [0.2, 0.25) is 5.91 Å². The number of amides is 1. The van der Waals surface area contributed by atoms with Crippen molar-refractivity contribution in [2.45, 2.75) is 38.1 Å². The Balaban J connectivity index is 1.75. The van der Waals surface area contributed by atoms with Gasteiger partial charge in [0.05, 0.1) is 16.8 Å². The van der Waals surface area contributed by atoms with Crippen LogP contribution in [0, 0.1) is 5.92 Å². The maximum absolute atomic E-state index is 12.2. The van der Waals surface area contributed by atoms with E-state index in [0.717, 1.165) is 34.8 Å². The van der Waals surface area contributed by atoms with Crippen LogP contribution in [0.15, 0.2) is 48.6 Å². The lowest BCUT2D eigenvalue weighted by Crippen LogP contribution is -2.30. The lowest BCUT2D eigenvalue weighted by Gasteiger charge is -2.39. The summed E-state index contributed by atoms with van der Waals surface area (Å²) in [4.78, 5) is 12.2. The number of allylic oxidation sites excluding steroid dienone is 2. The number of hydrogen-bond donors (Lipinski definition) is 2. The molecule has 1 aliphatic carbocycles. The van der Waals surface area contributed by atoms with E-state index in [0.29, 0.717) is 17.4 Å². The number of rotatable bonds is 4. The Morgan fingerprint density at radius 1 is 1.19 bits per heavy atom. The Labute approximate surface area is 169 Å². The van der Waals surface area contributed by atoms with Gasteiger partial charge < -0.3 is 10.6 Å². The van der Waals surface area contributed by atoms with Crippen molar-refractivity contribution < 1.29 is 4.79 Å². The molecule has 0 saturated heterocycles. The van der Waals surface area contributed by atoms with E-state index >= 15 is 0 Å². The molecule has 3 nitrogen and oxygen atoms in total. The molecule has 1 aliphatic heterocycles. The third kappa shape index (κ3) is 3.46. The van der Waals surface area contributed by atoms with Gasteiger partial charge >= 0.3 is 0 Å². The second-order valence-electron chi connectivity index (χ2n) is 7.21. The first-order chi connectivity index (χ1) is 13.1. The molecule has 4 rings (SSSR count). The molecule has 1 amide bonds. The summed E-state index contributed by atoms with van der Waals surface area (Å²) >= 11 is 12.6. The minimum Gasteiger partial charge on any atom is -0.376 e. The van der Waals surface area contributed by atoms with Gasteiger partial charge in [-0.05, 0) is 48.6 Å². The monoisotopic (exact) mass is 400 g/mol. The first kappa shape index (κ1) is 18.4. The molecule has 2 aliphatic rings. The second kappa shape index (κ2) is 7.57. The summed E-state index contributed by atoms with van der Waals surface area (Å²) in [5, 5.41) is 8.14. The predicted octanol–water partition coefficient (Wildman–Crippen LogP) is 6.56. The fraction of sp³-hybridized carbons (Fsp3) is 0.318. The standard InChI is InChI=1S/C22H22Cl2N2O/c1-2-4-19(27)25-18-12-11-17(24)22-20(18)15-5-3-6-16(15)21(26-22)13-7-9-14(23)10-8-13/h3,5,7-12,15-16,21,26H,2,4,6H2,1H3,(H,25,27). The third-order valence-electron chi connectivity index (χ3n) is 5.45. The molecule has 140 valence electrons. The topological polar surface area (TPSA) is 41.1 Å². The van der Waals surface area contributed by atoms with Gasteiger partial charge in [-0.3, -0.25) is 4.79 Å². The van der Waals surface area contributed by atoms with Crippen LogP contribution in [0.5, 0.6) is 0 Å². The summed E-state index contributed by atoms with van der Waals surface area (Å²) in [7, 11) is 0. The van der Waals surface area contributed by atoms with Gasteiger partial charge in [-0.1, -0.05) is 54.4 Å². The average Bonchev–Trinajstić information content (AvgIpc) is 3.14. The van der Waals surface area contributed by atoms with Crippen molar-refractivity contribution in [2.24, 2.45) is 5.92 Å². The first-order valence-electron chi connectivity index (χ1n) is 9.39. The molecule has 0 bridgehead atoms. The quantitative estimate of drug-likeness (QED) is 0.570. The molecule has 0 aromatic heterocycles. The Bertz CT molecular complexity index is 892. The average molecular weight is 401 g/mol. The molecule has 2 aromatic rings. The van der Waals surface area contributed by atoms with Crippen LogP contribution in [-0.4, -0.2) is 5.91 Å². The van der Waals surface area contributed by atoms with E-state index < -0.39 is 0 Å². The summed E-state index contributed by atoms with van der Waals surface area (Å²) in [6.07, 6.45) is 6.80. The van der Waals surface area contributed by atoms with Gasteiger partial charge in [-0.2, -0.15) is 0 Å². The summed E-state index contributed by atoms with van der Waals surface area (Å²) in [6.45, 7) is 2.00. The number of fused-ring (bicyclic) bond motifs is 3. The Morgan fingerprint density at radius 2 is 1.96 bits per heavy atom. The molecule has 0 fully saturated rings. The Hall–Kier alpha value is -1.97. The largest absolute Gasteiger partial charge is 0.376 e. The molecule has 0 radical (unpaired) electrons. The van der Waals surface area contributed by atoms with Crippen LogP contribution in [0.3, 0.4) is 0 Å². The van der Waals surface area contributed by atoms with E-state index in [1.807, 2.05) is 31.2 Å². The van der Waals surface area contributed by atoms with Gasteiger partial charge in [0, 0.05) is 28.6 Å². The molecule has 5 heteroatoms. The molecule has 0 spiro atoms. The number of carbonyl (C=O) groups is 1. The normalized spacial score (nSPS) is 22.7. The summed E-state index contributed by atoms with van der Waals surface area (Å²) in [6, 6.07) is 11.9. The van der Waals surface area contributed by atoms with Crippen LogP contribution in [-0.2, 0) is 4.79 Å². The molecule has 1 heterocycles. The van der Waals surface area contributed by atoms with Crippen molar-refractivity contribution in [1.82, 2.24) is 0 Å². The molecule has 2 aromatic carbocycles. The van der Waals surface area contributed by atoms with E-state index in [9.17, 15) is 4.79 Å². The van der Waals surface area contributed by atoms with Crippen molar-refractivity contribution in [3.63, 3.8) is 0 Å². The number of nitrogens with one attached hydrogen (secondary N) is 2. The molecule has 3 unspecified atom stereocenters. The molecule has 0 saturated carbocycles.